The fraction of sp³-hybridized carbons (Fsp3) is 0.842. The summed E-state index contributed by atoms with van der Waals surface area (Å²) in [6, 6.07) is 0. The zero-order valence-corrected chi connectivity index (χ0v) is 17.5. The first kappa shape index (κ1) is 22.4. The molecule has 1 aliphatic rings. The molecule has 0 amide bonds. The van der Waals surface area contributed by atoms with E-state index in [1.807, 2.05) is 6.92 Å². The number of carbonyl (C=O) groups is 1. The lowest BCUT2D eigenvalue weighted by molar-refractivity contribution is -0.149. The average Bonchev–Trinajstić information content (AvgIpc) is 2.46. The van der Waals surface area contributed by atoms with Crippen molar-refractivity contribution < 1.29 is 23.1 Å². The normalized spacial score (nSPS) is 25.6. The van der Waals surface area contributed by atoms with Crippen LogP contribution in [-0.4, -0.2) is 30.9 Å². The predicted molar refractivity (Wildman–Crippen MR) is 101 cm³/mol. The summed E-state index contributed by atoms with van der Waals surface area (Å²) in [6.45, 7) is 15.8. The Morgan fingerprint density at radius 2 is 1.76 bits per heavy atom. The first-order valence-electron chi connectivity index (χ1n) is 9.40. The first-order valence-corrected chi connectivity index (χ1v) is 11.0. The molecule has 1 rings (SSSR count). The van der Waals surface area contributed by atoms with Gasteiger partial charge in [-0.25, -0.2) is 0 Å². The second kappa shape index (κ2) is 9.89. The number of hydrogen-bond donors (Lipinski definition) is 0. The Kier molecular flexibility index (Phi) is 8.86. The number of ether oxygens (including phenoxy) is 1. The maximum absolute atomic E-state index is 13.5. The Balaban J connectivity index is 3.33. The molecule has 0 unspecified atom stereocenters. The van der Waals surface area contributed by atoms with E-state index in [0.717, 1.165) is 24.8 Å². The number of esters is 1. The van der Waals surface area contributed by atoms with Crippen molar-refractivity contribution in [2.75, 3.05) is 13.2 Å². The Morgan fingerprint density at radius 1 is 1.20 bits per heavy atom. The van der Waals surface area contributed by atoms with Crippen molar-refractivity contribution in [1.29, 1.82) is 0 Å². The van der Waals surface area contributed by atoms with Gasteiger partial charge in [0, 0.05) is 0 Å². The van der Waals surface area contributed by atoms with E-state index in [2.05, 4.69) is 13.5 Å². The van der Waals surface area contributed by atoms with E-state index in [9.17, 15) is 9.36 Å². The lowest BCUT2D eigenvalue weighted by Crippen LogP contribution is -2.41. The summed E-state index contributed by atoms with van der Waals surface area (Å²) in [5.41, 5.74) is 0.109. The van der Waals surface area contributed by atoms with Crippen LogP contribution in [0, 0.1) is 17.8 Å². The number of carbonyl (C=O) groups excluding carboxylic acids is 1. The molecule has 6 heteroatoms. The highest BCUT2D eigenvalue weighted by Gasteiger charge is 2.51. The molecule has 1 saturated carbocycles. The lowest BCUT2D eigenvalue weighted by atomic mass is 9.70. The monoisotopic (exact) mass is 374 g/mol. The predicted octanol–water partition coefficient (Wildman–Crippen LogP) is 5.20. The Labute approximate surface area is 153 Å². The third-order valence-electron chi connectivity index (χ3n) is 4.75. The molecule has 1 aliphatic carbocycles. The molecule has 0 aromatic rings. The van der Waals surface area contributed by atoms with Gasteiger partial charge in [0.1, 0.15) is 0 Å². The highest BCUT2D eigenvalue weighted by atomic mass is 31.2. The second-order valence-corrected chi connectivity index (χ2v) is 9.49. The van der Waals surface area contributed by atoms with E-state index < -0.39 is 19.2 Å². The third kappa shape index (κ3) is 5.94. The van der Waals surface area contributed by atoms with E-state index in [0.29, 0.717) is 5.92 Å². The van der Waals surface area contributed by atoms with Crippen LogP contribution in [0.5, 0.6) is 0 Å². The highest BCUT2D eigenvalue weighted by Crippen LogP contribution is 2.59. The van der Waals surface area contributed by atoms with Gasteiger partial charge in [0.25, 0.3) is 0 Å². The van der Waals surface area contributed by atoms with Crippen molar-refractivity contribution >= 4 is 13.6 Å². The van der Waals surface area contributed by atoms with Crippen molar-refractivity contribution in [3.63, 3.8) is 0 Å². The standard InChI is InChI=1S/C19H35O5P/c1-8-22-25(21,23-9-2)18(19(20)24-14(5)6)17-12-15(7)10-11-16(17)13(3)4/h14-18H,3,8-12H2,1-2,4-7H3/t15-,16+,17-,18-/m0/s1. The Morgan fingerprint density at radius 3 is 2.20 bits per heavy atom. The highest BCUT2D eigenvalue weighted by molar-refractivity contribution is 7.55. The molecule has 0 bridgehead atoms. The van der Waals surface area contributed by atoms with Gasteiger partial charge < -0.3 is 13.8 Å². The summed E-state index contributed by atoms with van der Waals surface area (Å²) in [4.78, 5) is 12.9. The number of hydrogen-bond acceptors (Lipinski definition) is 5. The van der Waals surface area contributed by atoms with Gasteiger partial charge in [-0.05, 0) is 65.2 Å². The SMILES string of the molecule is C=C(C)[C@H]1CC[C@H](C)C[C@@H]1[C@@H](C(=O)OC(C)C)P(=O)(OCC)OCC. The molecular formula is C19H35O5P. The van der Waals surface area contributed by atoms with Crippen LogP contribution < -0.4 is 0 Å². The maximum atomic E-state index is 13.5. The summed E-state index contributed by atoms with van der Waals surface area (Å²) in [7, 11) is -3.63. The number of rotatable bonds is 9. The molecule has 146 valence electrons. The zero-order valence-electron chi connectivity index (χ0n) is 16.6. The molecule has 4 atom stereocenters. The summed E-state index contributed by atoms with van der Waals surface area (Å²) in [5.74, 6) is -0.0520. The molecule has 1 fully saturated rings. The first-order chi connectivity index (χ1) is 11.7. The van der Waals surface area contributed by atoms with Crippen LogP contribution in [0.3, 0.4) is 0 Å². The van der Waals surface area contributed by atoms with Crippen LogP contribution >= 0.6 is 7.60 Å². The van der Waals surface area contributed by atoms with Gasteiger partial charge in [-0.2, -0.15) is 0 Å². The molecule has 0 radical (unpaired) electrons. The zero-order chi connectivity index (χ0) is 19.2. The molecule has 5 nitrogen and oxygen atoms in total. The van der Waals surface area contributed by atoms with Gasteiger partial charge in [0.2, 0.25) is 0 Å². The van der Waals surface area contributed by atoms with Crippen molar-refractivity contribution in [3.8, 4) is 0 Å². The average molecular weight is 374 g/mol. The van der Waals surface area contributed by atoms with Crippen molar-refractivity contribution in [3.05, 3.63) is 12.2 Å². The molecule has 0 spiro atoms. The van der Waals surface area contributed by atoms with E-state index >= 15 is 0 Å². The molecule has 0 saturated heterocycles. The number of allylic oxidation sites excluding steroid dienone is 1. The van der Waals surface area contributed by atoms with Crippen LogP contribution in [0.15, 0.2) is 12.2 Å². The van der Waals surface area contributed by atoms with Crippen molar-refractivity contribution in [2.24, 2.45) is 17.8 Å². The molecular weight excluding hydrogens is 339 g/mol. The van der Waals surface area contributed by atoms with Crippen molar-refractivity contribution in [1.82, 2.24) is 0 Å². The maximum Gasteiger partial charge on any atom is 0.345 e. The van der Waals surface area contributed by atoms with E-state index in [1.165, 1.54) is 0 Å². The van der Waals surface area contributed by atoms with E-state index in [4.69, 9.17) is 13.8 Å². The molecule has 0 aromatic heterocycles. The Bertz CT molecular complexity index is 492. The van der Waals surface area contributed by atoms with Crippen LogP contribution in [-0.2, 0) is 23.1 Å². The van der Waals surface area contributed by atoms with E-state index in [-0.39, 0.29) is 31.2 Å². The quantitative estimate of drug-likeness (QED) is 0.315. The molecule has 0 N–H and O–H groups in total. The van der Waals surface area contributed by atoms with Crippen LogP contribution in [0.1, 0.15) is 60.8 Å². The second-order valence-electron chi connectivity index (χ2n) is 7.34. The third-order valence-corrected chi connectivity index (χ3v) is 7.26. The molecule has 25 heavy (non-hydrogen) atoms. The van der Waals surface area contributed by atoms with Crippen molar-refractivity contribution in [2.45, 2.75) is 72.6 Å². The minimum atomic E-state index is -3.63. The van der Waals surface area contributed by atoms with Gasteiger partial charge in [0.05, 0.1) is 19.3 Å². The fourth-order valence-corrected chi connectivity index (χ4v) is 6.02. The largest absolute Gasteiger partial charge is 0.462 e. The van der Waals surface area contributed by atoms with Gasteiger partial charge in [0.15, 0.2) is 5.66 Å². The van der Waals surface area contributed by atoms with Gasteiger partial charge in [-0.1, -0.05) is 25.5 Å². The smallest absolute Gasteiger partial charge is 0.345 e. The summed E-state index contributed by atoms with van der Waals surface area (Å²) < 4.78 is 30.1. The summed E-state index contributed by atoms with van der Waals surface area (Å²) >= 11 is 0. The fourth-order valence-electron chi connectivity index (χ4n) is 3.78. The topological polar surface area (TPSA) is 61.8 Å². The summed E-state index contributed by atoms with van der Waals surface area (Å²) in [5, 5.41) is 0. The van der Waals surface area contributed by atoms with Gasteiger partial charge >= 0.3 is 13.6 Å². The van der Waals surface area contributed by atoms with Gasteiger partial charge in [-0.15, -0.1) is 0 Å². The van der Waals surface area contributed by atoms with Gasteiger partial charge in [-0.3, -0.25) is 9.36 Å². The van der Waals surface area contributed by atoms with Crippen LogP contribution in [0.25, 0.3) is 0 Å². The van der Waals surface area contributed by atoms with Crippen LogP contribution in [0.4, 0.5) is 0 Å². The van der Waals surface area contributed by atoms with Crippen LogP contribution in [0.2, 0.25) is 0 Å². The Hall–Kier alpha value is -0.640. The van der Waals surface area contributed by atoms with E-state index in [1.54, 1.807) is 27.7 Å². The minimum Gasteiger partial charge on any atom is -0.462 e. The molecule has 0 aromatic carbocycles. The molecule has 0 heterocycles. The molecule has 0 aliphatic heterocycles. The summed E-state index contributed by atoms with van der Waals surface area (Å²) in [6.07, 6.45) is 2.52. The minimum absolute atomic E-state index is 0.121. The lowest BCUT2D eigenvalue weighted by Gasteiger charge is -2.41.